The summed E-state index contributed by atoms with van der Waals surface area (Å²) in [6.45, 7) is 16.3. The van der Waals surface area contributed by atoms with Crippen molar-refractivity contribution in [2.45, 2.75) is 327 Å². The van der Waals surface area contributed by atoms with Crippen molar-refractivity contribution in [3.63, 3.8) is 0 Å². The number of benzene rings is 1. The number of hydrogen-bond donors (Lipinski definition) is 34. The van der Waals surface area contributed by atoms with Crippen molar-refractivity contribution in [3.05, 3.63) is 48.0 Å². The van der Waals surface area contributed by atoms with Gasteiger partial charge in [0.15, 0.2) is 17.9 Å². The number of aliphatic carboxylic acids is 1. The molecule has 0 spiro atoms. The Bertz CT molecular complexity index is 4560. The van der Waals surface area contributed by atoms with Gasteiger partial charge in [-0.05, 0) is 189 Å². The number of aromatic amines is 1. The highest BCUT2D eigenvalue weighted by atomic mass is 16.4. The van der Waals surface area contributed by atoms with Gasteiger partial charge in [0.05, 0.1) is 25.3 Å². The number of hydrogen-bond acceptors (Lipinski definition) is 28. The highest BCUT2D eigenvalue weighted by Crippen LogP contribution is 2.21. The molecule has 834 valence electrons. The first-order chi connectivity index (χ1) is 70.1. The summed E-state index contributed by atoms with van der Waals surface area (Å²) in [5.41, 5.74) is 52.4. The van der Waals surface area contributed by atoms with Crippen LogP contribution in [0.4, 0.5) is 0 Å². The van der Waals surface area contributed by atoms with Gasteiger partial charge in [0.1, 0.15) is 96.9 Å². The van der Waals surface area contributed by atoms with Crippen molar-refractivity contribution in [2.24, 2.45) is 81.2 Å². The number of nitrogens with one attached hydrogen (secondary N) is 23. The molecule has 2 rings (SSSR count). The molecule has 0 saturated carbocycles. The zero-order valence-corrected chi connectivity index (χ0v) is 87.1. The van der Waals surface area contributed by atoms with E-state index in [4.69, 9.17) is 67.8 Å². The maximum atomic E-state index is 15.2. The van der Waals surface area contributed by atoms with E-state index in [1.165, 1.54) is 36.8 Å². The number of amides is 17. The molecule has 2 aromatic rings. The molecule has 0 unspecified atom stereocenters. The molecule has 0 aliphatic rings. The van der Waals surface area contributed by atoms with Crippen LogP contribution in [0.25, 0.3) is 0 Å². The second-order valence-electron chi connectivity index (χ2n) is 37.6. The molecule has 0 aliphatic carbocycles. The Balaban J connectivity index is 2.64. The Morgan fingerprint density at radius 2 is 0.642 bits per heavy atom. The minimum Gasteiger partial charge on any atom is -0.508 e. The summed E-state index contributed by atoms with van der Waals surface area (Å²) in [5, 5.41) is 92.7. The van der Waals surface area contributed by atoms with Gasteiger partial charge in [0.25, 0.3) is 0 Å². The number of carbonyl (C=O) groups is 18. The van der Waals surface area contributed by atoms with Crippen LogP contribution >= 0.6 is 0 Å². The van der Waals surface area contributed by atoms with Crippen LogP contribution in [0.5, 0.6) is 5.75 Å². The van der Waals surface area contributed by atoms with Crippen molar-refractivity contribution in [3.8, 4) is 5.75 Å². The van der Waals surface area contributed by atoms with Crippen LogP contribution in [-0.4, -0.2) is 294 Å². The number of imidazole rings is 1. The summed E-state index contributed by atoms with van der Waals surface area (Å²) in [5.74, 6) is -21.0. The van der Waals surface area contributed by atoms with Crippen molar-refractivity contribution < 1.29 is 96.5 Å². The van der Waals surface area contributed by atoms with Crippen LogP contribution in [0.1, 0.15) is 235 Å². The summed E-state index contributed by atoms with van der Waals surface area (Å²) in [6.07, 6.45) is 5.27. The molecule has 0 fully saturated rings. The molecule has 1 aromatic heterocycles. The van der Waals surface area contributed by atoms with Gasteiger partial charge in [-0.3, -0.25) is 103 Å². The monoisotopic (exact) mass is 2090 g/mol. The number of phenolic OH excluding ortho intramolecular Hbond substituents is 1. The fourth-order valence-electron chi connectivity index (χ4n) is 15.4. The summed E-state index contributed by atoms with van der Waals surface area (Å²) in [6, 6.07) is -15.7. The number of unbranched alkanes of at least 4 members (excludes halogenated alkanes) is 4. The summed E-state index contributed by atoms with van der Waals surface area (Å²) in [4.78, 5) is 263. The van der Waals surface area contributed by atoms with Gasteiger partial charge >= 0.3 is 5.97 Å². The number of aromatic nitrogens is 2. The molecule has 0 radical (unpaired) electrons. The molecule has 1 heterocycles. The normalized spacial score (nSPS) is 15.0. The molecular formula is C95H169N33O20. The minimum absolute atomic E-state index is 0.000118. The molecule has 148 heavy (non-hydrogen) atoms. The van der Waals surface area contributed by atoms with E-state index in [9.17, 15) is 72.5 Å². The number of phenols is 1. The van der Waals surface area contributed by atoms with Crippen molar-refractivity contribution in [1.82, 2.24) is 111 Å². The Hall–Kier alpha value is -13.7. The molecule has 53 heteroatoms. The number of carboxylic acid groups (broad SMARTS) is 1. The van der Waals surface area contributed by atoms with E-state index < -0.39 is 258 Å². The Kier molecular flexibility index (Phi) is 63.2. The molecule has 43 N–H and O–H groups in total. The zero-order valence-electron chi connectivity index (χ0n) is 87.1. The van der Waals surface area contributed by atoms with Crippen LogP contribution in [-0.2, 0) is 99.1 Å². The molecule has 53 nitrogen and oxygen atoms in total. The lowest BCUT2D eigenvalue weighted by Crippen LogP contribution is -2.63. The van der Waals surface area contributed by atoms with E-state index in [1.54, 1.807) is 69.2 Å². The third kappa shape index (κ3) is 51.6. The van der Waals surface area contributed by atoms with E-state index in [0.717, 1.165) is 0 Å². The Morgan fingerprint density at radius 1 is 0.345 bits per heavy atom. The molecule has 1 aromatic carbocycles. The molecule has 0 bridgehead atoms. The maximum Gasteiger partial charge on any atom is 0.322 e. The fraction of sp³-hybridized carbons (Fsp3) is 0.684. The average Bonchev–Trinajstić information content (AvgIpc) is 1.79. The largest absolute Gasteiger partial charge is 0.508 e. The summed E-state index contributed by atoms with van der Waals surface area (Å²) >= 11 is 0. The van der Waals surface area contributed by atoms with Crippen molar-refractivity contribution in [2.75, 3.05) is 58.9 Å². The third-order valence-electron chi connectivity index (χ3n) is 24.9. The second kappa shape index (κ2) is 71.8. The van der Waals surface area contributed by atoms with Crippen LogP contribution < -0.4 is 153 Å². The van der Waals surface area contributed by atoms with Gasteiger partial charge in [-0.2, -0.15) is 0 Å². The third-order valence-corrected chi connectivity index (χ3v) is 24.9. The number of guanidine groups is 3. The lowest BCUT2D eigenvalue weighted by molar-refractivity contribution is -0.138. The number of H-pyrrole nitrogens is 1. The SMILES string of the molecule is CC[C@H](C)[C@H](NC(=O)CNC(=O)[C@H](CCCNC(=N)N)NC(=O)[C@H](CCCNC(=N)N)NC(=O)[C@H](CC(C)C)NC(=O)[C@H](CC(N)=O)NC(=O)[C@@H](N)CCCCN)C(=O)N[C@@H](CCCNC(=N)N)C(=O)N[C@@H](CCCCN)C(=O)N[C@H](C(=O)N[C@@H](Cc1cnc[nH]1)C(=O)N[C@H](C(=O)N[C@H](C(=O)N[C@@H](CCCCN)C(=O)N[C@@H](CCCCN)C(=O)N[C@@H](Cc1ccc(O)cc1)C(=O)NCC(=O)O)[C@@H](C)CC)[C@@H](C)CC)[C@@H](C)CC. The quantitative estimate of drug-likeness (QED) is 0.0166. The fourth-order valence-corrected chi connectivity index (χ4v) is 15.4. The predicted octanol–water partition coefficient (Wildman–Crippen LogP) is -6.26. The highest BCUT2D eigenvalue weighted by Gasteiger charge is 2.42. The van der Waals surface area contributed by atoms with Crippen LogP contribution in [0.2, 0.25) is 0 Å². The van der Waals surface area contributed by atoms with E-state index in [2.05, 4.69) is 111 Å². The van der Waals surface area contributed by atoms with E-state index in [0.29, 0.717) is 62.7 Å². The topological polar surface area (TPSA) is 911 Å². The van der Waals surface area contributed by atoms with Crippen LogP contribution in [0.15, 0.2) is 36.8 Å². The average molecular weight is 2090 g/mol. The minimum atomic E-state index is -1.59. The summed E-state index contributed by atoms with van der Waals surface area (Å²) in [7, 11) is 0. The number of carbonyl (C=O) groups excluding carboxylic acids is 17. The lowest BCUT2D eigenvalue weighted by atomic mass is 9.94. The van der Waals surface area contributed by atoms with Crippen LogP contribution in [0.3, 0.4) is 0 Å². The zero-order chi connectivity index (χ0) is 111. The van der Waals surface area contributed by atoms with Gasteiger partial charge in [0, 0.05) is 44.4 Å². The number of aromatic hydroxyl groups is 1. The molecule has 17 amide bonds. The molecule has 0 saturated heterocycles. The van der Waals surface area contributed by atoms with Crippen LogP contribution in [0, 0.1) is 45.8 Å². The number of rotatable bonds is 77. The van der Waals surface area contributed by atoms with Gasteiger partial charge in [-0.15, -0.1) is 0 Å². The smallest absolute Gasteiger partial charge is 0.322 e. The second-order valence-corrected chi connectivity index (χ2v) is 37.6. The Labute approximate surface area is 864 Å². The lowest BCUT2D eigenvalue weighted by Gasteiger charge is -2.32. The highest BCUT2D eigenvalue weighted by molar-refractivity contribution is 6.02. The molecule has 19 atom stereocenters. The Morgan fingerprint density at radius 3 is 1.01 bits per heavy atom. The first-order valence-corrected chi connectivity index (χ1v) is 51.0. The van der Waals surface area contributed by atoms with Crippen molar-refractivity contribution >= 4 is 124 Å². The first-order valence-electron chi connectivity index (χ1n) is 51.0. The first kappa shape index (κ1) is 130. The number of primary amides is 1. The maximum absolute atomic E-state index is 15.2. The van der Waals surface area contributed by atoms with Gasteiger partial charge in [-0.25, -0.2) is 4.98 Å². The number of nitrogens with zero attached hydrogens (tertiary/aromatic N) is 1. The van der Waals surface area contributed by atoms with Gasteiger partial charge < -0.3 is 168 Å². The molecule has 0 aliphatic heterocycles. The number of carboxylic acids is 1. The molecular weight excluding hydrogens is 1920 g/mol. The van der Waals surface area contributed by atoms with E-state index in [1.807, 2.05) is 0 Å². The van der Waals surface area contributed by atoms with E-state index >= 15 is 24.0 Å². The van der Waals surface area contributed by atoms with Gasteiger partial charge in [-0.1, -0.05) is 113 Å². The number of nitrogens with two attached hydrogens (primary N) is 9. The predicted molar refractivity (Wildman–Crippen MR) is 553 cm³/mol. The van der Waals surface area contributed by atoms with Crippen molar-refractivity contribution in [1.29, 1.82) is 16.2 Å². The van der Waals surface area contributed by atoms with E-state index in [-0.39, 0.29) is 167 Å². The standard InChI is InChI=1S/C95H169N33O20/c1-11-53(7)74(125-72(131)49-112-79(135)61(30-23-41-109-93(102)103)115-82(138)65(31-24-42-110-94(104)105)118-86(142)67(44-52(5)6)122-87(143)70(47-71(101)130)121-78(134)60(100)26-15-19-37-96)89(145)120-66(32-25-43-111-95(106)107)83(139)117-64(29-18-22-40-99)85(141)126-75(54(8)12-2)91(147)124-69(46-58-48-108-51-114-58)88(144)127-77(56(10)14-4)92(148)128-76(55(9)13-3)90(146)119-63(28-17-21-39-98)81(137)116-62(27-16-20-38-97)84(140)123-68(80(136)113-50-73(132)133)45-57-33-35-59(129)36-34-57/h33-36,48,51-56,60-70,74-77,129H,11-32,37-47,49-50,96-100H2,1-10H3,(H2,101,130)(H,108,114)(H,112,135)(H,113,136)(H,115,138)(H,116,137)(H,117,139)(H,118,142)(H,119,146)(H,120,145)(H,121,134)(H,122,143)(H,123,140)(H,124,147)(H,125,131)(H,126,141)(H,127,144)(H,128,148)(H,132,133)(H4,102,103,109)(H4,104,105,110)(H4,106,107,111)/t53-,54-,55-,56-,60-,61-,62-,63-,64-,65-,66-,67-,68-,69-,70-,74-,75-,76-,77-/m0/s1. The van der Waals surface area contributed by atoms with Gasteiger partial charge in [0.2, 0.25) is 100 Å². The summed E-state index contributed by atoms with van der Waals surface area (Å²) < 4.78 is 0.